The molecule has 16 heavy (non-hydrogen) atoms. The van der Waals surface area contributed by atoms with Crippen molar-refractivity contribution < 1.29 is 9.53 Å². The Kier molecular flexibility index (Phi) is 2.99. The number of Topliss-reactive ketones (excluding diaryl/α,β-unsaturated/α-hetero) is 1. The maximum absolute atomic E-state index is 11.7. The van der Waals surface area contributed by atoms with Gasteiger partial charge in [-0.2, -0.15) is 0 Å². The average molecular weight is 218 g/mol. The lowest BCUT2D eigenvalue weighted by molar-refractivity contribution is -0.137. The van der Waals surface area contributed by atoms with E-state index in [1.807, 2.05) is 19.1 Å². The van der Waals surface area contributed by atoms with Crippen molar-refractivity contribution in [1.82, 2.24) is 0 Å². The molecule has 0 spiro atoms. The standard InChI is InChI=1S/C14H18O2/c1-4-12-13(9(2)14(12)15)10-5-7-11(16-3)8-6-10/h5-9,12-13H,4H2,1-3H3. The SMILES string of the molecule is CCC1C(=O)C(C)C1c1ccc(OC)cc1. The van der Waals surface area contributed by atoms with Crippen LogP contribution >= 0.6 is 0 Å². The molecule has 0 N–H and O–H groups in total. The van der Waals surface area contributed by atoms with Crippen molar-refractivity contribution in [3.63, 3.8) is 0 Å². The quantitative estimate of drug-likeness (QED) is 0.779. The van der Waals surface area contributed by atoms with Gasteiger partial charge >= 0.3 is 0 Å². The second-order valence-corrected chi connectivity index (χ2v) is 4.50. The smallest absolute Gasteiger partial charge is 0.140 e. The zero-order valence-corrected chi connectivity index (χ0v) is 10.1. The molecule has 3 unspecified atom stereocenters. The molecule has 0 aromatic heterocycles. The van der Waals surface area contributed by atoms with Crippen LogP contribution in [-0.2, 0) is 4.79 Å². The fourth-order valence-electron chi connectivity index (χ4n) is 2.72. The van der Waals surface area contributed by atoms with Gasteiger partial charge in [-0.25, -0.2) is 0 Å². The van der Waals surface area contributed by atoms with Crippen LogP contribution in [-0.4, -0.2) is 12.9 Å². The number of rotatable bonds is 3. The van der Waals surface area contributed by atoms with Crippen molar-refractivity contribution in [2.24, 2.45) is 11.8 Å². The van der Waals surface area contributed by atoms with Crippen LogP contribution in [0.4, 0.5) is 0 Å². The number of carbonyl (C=O) groups excluding carboxylic acids is 1. The normalized spacial score (nSPS) is 28.7. The van der Waals surface area contributed by atoms with Crippen molar-refractivity contribution in [1.29, 1.82) is 0 Å². The Bertz CT molecular complexity index is 380. The molecule has 0 amide bonds. The van der Waals surface area contributed by atoms with Crippen LogP contribution in [0.1, 0.15) is 31.7 Å². The first-order valence-corrected chi connectivity index (χ1v) is 5.86. The van der Waals surface area contributed by atoms with Gasteiger partial charge in [0.2, 0.25) is 0 Å². The van der Waals surface area contributed by atoms with E-state index in [-0.39, 0.29) is 11.8 Å². The van der Waals surface area contributed by atoms with Gasteiger partial charge in [0, 0.05) is 17.8 Å². The van der Waals surface area contributed by atoms with Crippen LogP contribution in [0, 0.1) is 11.8 Å². The molecular formula is C14H18O2. The second-order valence-electron chi connectivity index (χ2n) is 4.50. The van der Waals surface area contributed by atoms with Gasteiger partial charge in [-0.05, 0) is 24.1 Å². The van der Waals surface area contributed by atoms with E-state index in [2.05, 4.69) is 19.1 Å². The van der Waals surface area contributed by atoms with Crippen LogP contribution in [0.2, 0.25) is 0 Å². The largest absolute Gasteiger partial charge is 0.497 e. The molecule has 0 aliphatic heterocycles. The first-order valence-electron chi connectivity index (χ1n) is 5.86. The minimum Gasteiger partial charge on any atom is -0.497 e. The minimum atomic E-state index is 0.179. The zero-order valence-electron chi connectivity index (χ0n) is 10.1. The van der Waals surface area contributed by atoms with Crippen molar-refractivity contribution in [3.8, 4) is 5.75 Å². The minimum absolute atomic E-state index is 0.179. The molecule has 0 bridgehead atoms. The van der Waals surface area contributed by atoms with Crippen LogP contribution in [0.25, 0.3) is 0 Å². The molecule has 0 radical (unpaired) electrons. The summed E-state index contributed by atoms with van der Waals surface area (Å²) in [4.78, 5) is 11.7. The lowest BCUT2D eigenvalue weighted by atomic mass is 9.61. The highest BCUT2D eigenvalue weighted by Crippen LogP contribution is 2.46. The molecule has 1 fully saturated rings. The van der Waals surface area contributed by atoms with Crippen LogP contribution in [0.5, 0.6) is 5.75 Å². The maximum Gasteiger partial charge on any atom is 0.140 e. The van der Waals surface area contributed by atoms with Crippen LogP contribution in [0.3, 0.4) is 0 Å². The van der Waals surface area contributed by atoms with Gasteiger partial charge in [0.25, 0.3) is 0 Å². The van der Waals surface area contributed by atoms with Crippen LogP contribution in [0.15, 0.2) is 24.3 Å². The van der Waals surface area contributed by atoms with Gasteiger partial charge in [0.15, 0.2) is 0 Å². The van der Waals surface area contributed by atoms with E-state index in [1.54, 1.807) is 7.11 Å². The summed E-state index contributed by atoms with van der Waals surface area (Å²) in [7, 11) is 1.67. The number of hydrogen-bond donors (Lipinski definition) is 0. The number of methoxy groups -OCH3 is 1. The molecule has 1 saturated carbocycles. The average Bonchev–Trinajstić information content (AvgIpc) is 2.34. The molecule has 0 heterocycles. The summed E-state index contributed by atoms with van der Waals surface area (Å²) in [6.07, 6.45) is 0.944. The van der Waals surface area contributed by atoms with Crippen molar-refractivity contribution in [2.75, 3.05) is 7.11 Å². The Morgan fingerprint density at radius 3 is 2.38 bits per heavy atom. The molecule has 86 valence electrons. The number of carbonyl (C=O) groups is 1. The van der Waals surface area contributed by atoms with E-state index >= 15 is 0 Å². The molecule has 3 atom stereocenters. The maximum atomic E-state index is 11.7. The third kappa shape index (κ3) is 1.62. The lowest BCUT2D eigenvalue weighted by Crippen LogP contribution is -2.43. The molecule has 1 aromatic rings. The molecule has 2 heteroatoms. The Balaban J connectivity index is 2.20. The van der Waals surface area contributed by atoms with E-state index in [0.29, 0.717) is 11.7 Å². The summed E-state index contributed by atoms with van der Waals surface area (Å²) in [5, 5.41) is 0. The van der Waals surface area contributed by atoms with Gasteiger partial charge in [-0.15, -0.1) is 0 Å². The highest BCUT2D eigenvalue weighted by atomic mass is 16.5. The van der Waals surface area contributed by atoms with E-state index in [1.165, 1.54) is 5.56 Å². The number of benzene rings is 1. The van der Waals surface area contributed by atoms with Crippen molar-refractivity contribution >= 4 is 5.78 Å². The summed E-state index contributed by atoms with van der Waals surface area (Å²) in [6, 6.07) is 8.10. The van der Waals surface area contributed by atoms with Crippen LogP contribution < -0.4 is 4.74 Å². The molecular weight excluding hydrogens is 200 g/mol. The van der Waals surface area contributed by atoms with Crippen molar-refractivity contribution in [3.05, 3.63) is 29.8 Å². The summed E-state index contributed by atoms with van der Waals surface area (Å²) < 4.78 is 5.13. The van der Waals surface area contributed by atoms with Gasteiger partial charge in [0.05, 0.1) is 7.11 Å². The fourth-order valence-corrected chi connectivity index (χ4v) is 2.72. The Hall–Kier alpha value is -1.31. The predicted octanol–water partition coefficient (Wildman–Crippen LogP) is 3.02. The zero-order chi connectivity index (χ0) is 11.7. The number of ketones is 1. The summed E-state index contributed by atoms with van der Waals surface area (Å²) >= 11 is 0. The Labute approximate surface area is 96.6 Å². The van der Waals surface area contributed by atoms with Gasteiger partial charge < -0.3 is 4.74 Å². The van der Waals surface area contributed by atoms with E-state index < -0.39 is 0 Å². The Morgan fingerprint density at radius 2 is 1.88 bits per heavy atom. The predicted molar refractivity (Wildman–Crippen MR) is 63.7 cm³/mol. The molecule has 0 saturated heterocycles. The van der Waals surface area contributed by atoms with Gasteiger partial charge in [-0.3, -0.25) is 4.79 Å². The van der Waals surface area contributed by atoms with E-state index in [4.69, 9.17) is 4.74 Å². The molecule has 1 aliphatic carbocycles. The van der Waals surface area contributed by atoms with Gasteiger partial charge in [0.1, 0.15) is 11.5 Å². The number of ether oxygens (including phenoxy) is 1. The third-order valence-electron chi connectivity index (χ3n) is 3.73. The first-order chi connectivity index (χ1) is 7.69. The summed E-state index contributed by atoms with van der Waals surface area (Å²) in [5.74, 6) is 2.10. The van der Waals surface area contributed by atoms with Gasteiger partial charge in [-0.1, -0.05) is 26.0 Å². The topological polar surface area (TPSA) is 26.3 Å². The van der Waals surface area contributed by atoms with E-state index in [0.717, 1.165) is 12.2 Å². The summed E-state index contributed by atoms with van der Waals surface area (Å²) in [6.45, 7) is 4.12. The molecule has 2 nitrogen and oxygen atoms in total. The number of hydrogen-bond acceptors (Lipinski definition) is 2. The monoisotopic (exact) mass is 218 g/mol. The third-order valence-corrected chi connectivity index (χ3v) is 3.73. The second kappa shape index (κ2) is 4.28. The highest BCUT2D eigenvalue weighted by Gasteiger charge is 2.45. The molecule has 2 rings (SSSR count). The van der Waals surface area contributed by atoms with Crippen molar-refractivity contribution in [2.45, 2.75) is 26.2 Å². The first kappa shape index (κ1) is 11.2. The fraction of sp³-hybridized carbons (Fsp3) is 0.500. The highest BCUT2D eigenvalue weighted by molar-refractivity contribution is 5.91. The van der Waals surface area contributed by atoms with E-state index in [9.17, 15) is 4.79 Å². The molecule has 1 aromatic carbocycles. The summed E-state index contributed by atoms with van der Waals surface area (Å²) in [5.41, 5.74) is 1.26. The molecule has 1 aliphatic rings. The lowest BCUT2D eigenvalue weighted by Gasteiger charge is -2.41. The Morgan fingerprint density at radius 1 is 1.25 bits per heavy atom.